The minimum Gasteiger partial charge on any atom is -0.251 e. The Morgan fingerprint density at radius 2 is 2.33 bits per heavy atom. The van der Waals surface area contributed by atoms with Gasteiger partial charge in [-0.2, -0.15) is 15.6 Å². The highest BCUT2D eigenvalue weighted by Crippen LogP contribution is 2.09. The van der Waals surface area contributed by atoms with Crippen LogP contribution in [0.4, 0.5) is 5.13 Å². The third-order valence-electron chi connectivity index (χ3n) is 0.907. The Morgan fingerprint density at radius 3 is 2.83 bits per heavy atom. The molecule has 1 heterocycles. The molecule has 0 unspecified atom stereocenters. The first kappa shape index (κ1) is 8.18. The molecule has 0 aromatic carbocycles. The van der Waals surface area contributed by atoms with Crippen molar-refractivity contribution in [3.05, 3.63) is 11.6 Å². The number of nitrogens with one attached hydrogen (secondary N) is 1. The van der Waals surface area contributed by atoms with E-state index in [1.807, 2.05) is 0 Å². The highest BCUT2D eigenvalue weighted by atomic mass is 32.1. The van der Waals surface area contributed by atoms with Gasteiger partial charge in [-0.25, -0.2) is 4.98 Å². The van der Waals surface area contributed by atoms with Gasteiger partial charge in [0.25, 0.3) is 0 Å². The first-order chi connectivity index (χ1) is 5.86. The Morgan fingerprint density at radius 1 is 1.58 bits per heavy atom. The van der Waals surface area contributed by atoms with Crippen LogP contribution in [0, 0.1) is 22.7 Å². The molecular weight excluding hydrogens is 174 g/mol. The fourth-order valence-electron chi connectivity index (χ4n) is 0.457. The minimum atomic E-state index is -0.217. The molecular formula is C6H3N5S. The zero-order valence-electron chi connectivity index (χ0n) is 5.85. The molecule has 1 aromatic rings. The number of aromatic nitrogens is 1. The van der Waals surface area contributed by atoms with Gasteiger partial charge < -0.3 is 0 Å². The lowest BCUT2D eigenvalue weighted by Crippen LogP contribution is -1.95. The van der Waals surface area contributed by atoms with Crippen LogP contribution in [0.15, 0.2) is 16.7 Å². The number of nitriles is 2. The highest BCUT2D eigenvalue weighted by Gasteiger charge is 1.94. The van der Waals surface area contributed by atoms with Crippen LogP contribution < -0.4 is 5.43 Å². The quantitative estimate of drug-likeness (QED) is 0.538. The van der Waals surface area contributed by atoms with Crippen LogP contribution in [0.25, 0.3) is 0 Å². The van der Waals surface area contributed by atoms with Gasteiger partial charge in [-0.15, -0.1) is 11.3 Å². The van der Waals surface area contributed by atoms with Crippen molar-refractivity contribution in [2.75, 3.05) is 5.43 Å². The Balaban J connectivity index is 2.63. The van der Waals surface area contributed by atoms with Gasteiger partial charge in [0.15, 0.2) is 0 Å². The van der Waals surface area contributed by atoms with Crippen LogP contribution >= 0.6 is 11.3 Å². The Hall–Kier alpha value is -1.92. The second-order valence-electron chi connectivity index (χ2n) is 1.63. The molecule has 58 valence electrons. The molecule has 1 aromatic heterocycles. The topological polar surface area (TPSA) is 84.9 Å². The molecule has 1 N–H and O–H groups in total. The van der Waals surface area contributed by atoms with Gasteiger partial charge in [0.2, 0.25) is 10.8 Å². The largest absolute Gasteiger partial charge is 0.251 e. The van der Waals surface area contributed by atoms with Crippen molar-refractivity contribution in [3.8, 4) is 12.1 Å². The number of nitrogens with zero attached hydrogens (tertiary/aromatic N) is 4. The summed E-state index contributed by atoms with van der Waals surface area (Å²) < 4.78 is 0. The zero-order valence-corrected chi connectivity index (χ0v) is 6.67. The third-order valence-corrected chi connectivity index (χ3v) is 1.59. The van der Waals surface area contributed by atoms with Crippen molar-refractivity contribution in [1.29, 1.82) is 10.5 Å². The van der Waals surface area contributed by atoms with Crippen LogP contribution in [0.2, 0.25) is 0 Å². The lowest BCUT2D eigenvalue weighted by Gasteiger charge is -1.89. The fourth-order valence-corrected chi connectivity index (χ4v) is 0.928. The van der Waals surface area contributed by atoms with Crippen LogP contribution in [0.1, 0.15) is 0 Å². The maximum Gasteiger partial charge on any atom is 0.237 e. The summed E-state index contributed by atoms with van der Waals surface area (Å²) in [6.45, 7) is 0. The maximum absolute atomic E-state index is 8.29. The molecule has 6 heteroatoms. The van der Waals surface area contributed by atoms with Gasteiger partial charge in [-0.1, -0.05) is 0 Å². The first-order valence-corrected chi connectivity index (χ1v) is 3.78. The Kier molecular flexibility index (Phi) is 2.77. The van der Waals surface area contributed by atoms with E-state index in [1.54, 1.807) is 23.7 Å². The number of rotatable bonds is 2. The summed E-state index contributed by atoms with van der Waals surface area (Å²) >= 11 is 1.34. The van der Waals surface area contributed by atoms with Gasteiger partial charge in [0.1, 0.15) is 12.1 Å². The molecule has 0 amide bonds. The van der Waals surface area contributed by atoms with Gasteiger partial charge >= 0.3 is 0 Å². The van der Waals surface area contributed by atoms with Crippen molar-refractivity contribution < 1.29 is 0 Å². The molecule has 0 aliphatic carbocycles. The van der Waals surface area contributed by atoms with Gasteiger partial charge in [-0.3, -0.25) is 5.43 Å². The summed E-state index contributed by atoms with van der Waals surface area (Å²) in [5.74, 6) is 0. The molecule has 1 rings (SSSR count). The molecule has 0 aliphatic heterocycles. The van der Waals surface area contributed by atoms with E-state index in [9.17, 15) is 0 Å². The second kappa shape index (κ2) is 4.06. The molecule has 0 atom stereocenters. The summed E-state index contributed by atoms with van der Waals surface area (Å²) in [5.41, 5.74) is 2.26. The Bertz CT molecular complexity index is 336. The molecule has 12 heavy (non-hydrogen) atoms. The average molecular weight is 177 g/mol. The number of anilines is 1. The SMILES string of the molecule is N#CC(C#N)=NNc1nccs1. The lowest BCUT2D eigenvalue weighted by molar-refractivity contribution is 1.28. The number of hydrogen-bond acceptors (Lipinski definition) is 6. The molecule has 0 radical (unpaired) electrons. The summed E-state index contributed by atoms with van der Waals surface area (Å²) in [5, 5.41) is 22.4. The van der Waals surface area contributed by atoms with Crippen molar-refractivity contribution in [2.24, 2.45) is 5.10 Å². The van der Waals surface area contributed by atoms with Crippen molar-refractivity contribution in [2.45, 2.75) is 0 Å². The van der Waals surface area contributed by atoms with Crippen molar-refractivity contribution in [1.82, 2.24) is 4.98 Å². The van der Waals surface area contributed by atoms with E-state index >= 15 is 0 Å². The summed E-state index contributed by atoms with van der Waals surface area (Å²) in [6.07, 6.45) is 1.60. The molecule has 0 aliphatic rings. The van der Waals surface area contributed by atoms with Gasteiger partial charge in [0, 0.05) is 11.6 Å². The number of hydrogen-bond donors (Lipinski definition) is 1. The zero-order chi connectivity index (χ0) is 8.81. The summed E-state index contributed by atoms with van der Waals surface area (Å²) in [6, 6.07) is 3.23. The van der Waals surface area contributed by atoms with E-state index in [1.165, 1.54) is 11.3 Å². The van der Waals surface area contributed by atoms with E-state index in [-0.39, 0.29) is 5.71 Å². The fraction of sp³-hybridized carbons (Fsp3) is 0. The van der Waals surface area contributed by atoms with E-state index in [0.717, 1.165) is 0 Å². The first-order valence-electron chi connectivity index (χ1n) is 2.90. The van der Waals surface area contributed by atoms with E-state index in [4.69, 9.17) is 10.5 Å². The normalized spacial score (nSPS) is 7.83. The minimum absolute atomic E-state index is 0.217. The van der Waals surface area contributed by atoms with Crippen LogP contribution in [0.5, 0.6) is 0 Å². The molecule has 0 saturated heterocycles. The molecule has 0 bridgehead atoms. The van der Waals surface area contributed by atoms with E-state index < -0.39 is 0 Å². The van der Waals surface area contributed by atoms with Crippen LogP contribution in [-0.2, 0) is 0 Å². The standard InChI is InChI=1S/C6H3N5S/c7-3-5(4-8)10-11-6-9-1-2-12-6/h1-2H,(H,9,11). The third kappa shape index (κ3) is 2.04. The van der Waals surface area contributed by atoms with E-state index in [0.29, 0.717) is 5.13 Å². The lowest BCUT2D eigenvalue weighted by atomic mass is 10.5. The summed E-state index contributed by atoms with van der Waals surface area (Å²) in [4.78, 5) is 3.84. The van der Waals surface area contributed by atoms with Crippen molar-refractivity contribution >= 4 is 22.2 Å². The van der Waals surface area contributed by atoms with Gasteiger partial charge in [0.05, 0.1) is 0 Å². The highest BCUT2D eigenvalue weighted by molar-refractivity contribution is 7.13. The Labute approximate surface area is 72.6 Å². The van der Waals surface area contributed by atoms with Crippen molar-refractivity contribution in [3.63, 3.8) is 0 Å². The maximum atomic E-state index is 8.29. The average Bonchev–Trinajstić information content (AvgIpc) is 2.59. The van der Waals surface area contributed by atoms with Crippen LogP contribution in [-0.4, -0.2) is 10.7 Å². The second-order valence-corrected chi connectivity index (χ2v) is 2.53. The molecule has 5 nitrogen and oxygen atoms in total. The van der Waals surface area contributed by atoms with E-state index in [2.05, 4.69) is 15.5 Å². The number of hydrazone groups is 1. The van der Waals surface area contributed by atoms with Gasteiger partial charge in [-0.05, 0) is 0 Å². The monoisotopic (exact) mass is 177 g/mol. The smallest absolute Gasteiger partial charge is 0.237 e. The summed E-state index contributed by atoms with van der Waals surface area (Å²) in [7, 11) is 0. The number of thiazole rings is 1. The predicted molar refractivity (Wildman–Crippen MR) is 44.4 cm³/mol. The molecule has 0 saturated carbocycles. The molecule has 0 spiro atoms. The van der Waals surface area contributed by atoms with Crippen LogP contribution in [0.3, 0.4) is 0 Å². The predicted octanol–water partition coefficient (Wildman–Crippen LogP) is 0.958. The molecule has 0 fully saturated rings.